The number of hydrogen-bond donors (Lipinski definition) is 2. The number of nitrogens with one attached hydrogen (secondary N) is 1. The molecule has 0 aliphatic rings. The lowest BCUT2D eigenvalue weighted by Crippen LogP contribution is -2.41. The van der Waals surface area contributed by atoms with Gasteiger partial charge in [-0.2, -0.15) is 0 Å². The number of rotatable bonds is 6. The number of nitrogens with zero attached hydrogens (tertiary/aromatic N) is 1. The first kappa shape index (κ1) is 17.5. The summed E-state index contributed by atoms with van der Waals surface area (Å²) in [5.74, 6) is -0.0957. The van der Waals surface area contributed by atoms with Crippen molar-refractivity contribution in [1.82, 2.24) is 5.32 Å². The van der Waals surface area contributed by atoms with E-state index in [9.17, 15) is 14.9 Å². The van der Waals surface area contributed by atoms with E-state index in [4.69, 9.17) is 5.73 Å². The predicted octanol–water partition coefficient (Wildman–Crippen LogP) is 3.16. The van der Waals surface area contributed by atoms with Crippen LogP contribution in [0.2, 0.25) is 0 Å². The Balaban J connectivity index is 1.99. The van der Waals surface area contributed by atoms with Crippen molar-refractivity contribution < 1.29 is 9.72 Å². The van der Waals surface area contributed by atoms with E-state index in [0.717, 1.165) is 11.1 Å². The van der Waals surface area contributed by atoms with Crippen molar-refractivity contribution in [2.45, 2.75) is 32.2 Å². The Hall–Kier alpha value is -2.89. The summed E-state index contributed by atoms with van der Waals surface area (Å²) in [5.41, 5.74) is 7.72. The third-order valence-electron chi connectivity index (χ3n) is 3.93. The standard InChI is InChI=1S/C18H21N3O3/c1-18(2,14-8-10-15(11-9-14)21(23)24)20-17(22)12-7-13-5-3-4-6-16(13)19/h3-6,8-11H,7,12,19H2,1-2H3,(H,20,22). The highest BCUT2D eigenvalue weighted by Gasteiger charge is 2.23. The lowest BCUT2D eigenvalue weighted by Gasteiger charge is -2.27. The minimum absolute atomic E-state index is 0.0282. The normalized spacial score (nSPS) is 11.1. The van der Waals surface area contributed by atoms with Crippen molar-refractivity contribution in [3.8, 4) is 0 Å². The number of hydrogen-bond acceptors (Lipinski definition) is 4. The third kappa shape index (κ3) is 4.32. The van der Waals surface area contributed by atoms with Crippen molar-refractivity contribution in [2.75, 3.05) is 5.73 Å². The molecule has 0 bridgehead atoms. The Bertz CT molecular complexity index is 739. The first-order chi connectivity index (χ1) is 11.3. The number of carbonyl (C=O) groups excluding carboxylic acids is 1. The molecule has 3 N–H and O–H groups in total. The highest BCUT2D eigenvalue weighted by molar-refractivity contribution is 5.77. The van der Waals surface area contributed by atoms with E-state index in [-0.39, 0.29) is 11.6 Å². The fourth-order valence-electron chi connectivity index (χ4n) is 2.49. The van der Waals surface area contributed by atoms with Crippen LogP contribution >= 0.6 is 0 Å². The van der Waals surface area contributed by atoms with Crippen LogP contribution in [0.4, 0.5) is 11.4 Å². The van der Waals surface area contributed by atoms with Crippen LogP contribution in [0.15, 0.2) is 48.5 Å². The van der Waals surface area contributed by atoms with E-state index in [2.05, 4.69) is 5.32 Å². The molecule has 0 saturated heterocycles. The Kier molecular flexibility index (Phi) is 5.18. The number of nitrogens with two attached hydrogens (primary N) is 1. The van der Waals surface area contributed by atoms with Crippen LogP contribution in [-0.4, -0.2) is 10.8 Å². The third-order valence-corrected chi connectivity index (χ3v) is 3.93. The summed E-state index contributed by atoms with van der Waals surface area (Å²) in [5, 5.41) is 13.7. The molecule has 0 saturated carbocycles. The molecule has 24 heavy (non-hydrogen) atoms. The number of nitrogen functional groups attached to an aromatic ring is 1. The first-order valence-electron chi connectivity index (χ1n) is 7.69. The lowest BCUT2D eigenvalue weighted by molar-refractivity contribution is -0.384. The molecule has 0 aromatic heterocycles. The average Bonchev–Trinajstić information content (AvgIpc) is 2.54. The van der Waals surface area contributed by atoms with E-state index in [0.29, 0.717) is 18.5 Å². The van der Waals surface area contributed by atoms with Gasteiger partial charge in [-0.25, -0.2) is 0 Å². The van der Waals surface area contributed by atoms with Crippen LogP contribution in [-0.2, 0) is 16.8 Å². The Morgan fingerprint density at radius 1 is 1.17 bits per heavy atom. The zero-order valence-electron chi connectivity index (χ0n) is 13.8. The summed E-state index contributed by atoms with van der Waals surface area (Å²) in [4.78, 5) is 22.5. The number of carbonyl (C=O) groups is 1. The molecule has 2 aromatic carbocycles. The maximum absolute atomic E-state index is 12.2. The average molecular weight is 327 g/mol. The van der Waals surface area contributed by atoms with Crippen molar-refractivity contribution in [1.29, 1.82) is 0 Å². The lowest BCUT2D eigenvalue weighted by atomic mass is 9.93. The summed E-state index contributed by atoms with van der Waals surface area (Å²) >= 11 is 0. The van der Waals surface area contributed by atoms with Gasteiger partial charge < -0.3 is 11.1 Å². The molecule has 0 atom stereocenters. The van der Waals surface area contributed by atoms with E-state index in [1.807, 2.05) is 38.1 Å². The molecule has 0 spiro atoms. The van der Waals surface area contributed by atoms with Gasteiger partial charge in [0.2, 0.25) is 5.91 Å². The van der Waals surface area contributed by atoms with Gasteiger partial charge in [-0.1, -0.05) is 18.2 Å². The maximum atomic E-state index is 12.2. The molecule has 2 rings (SSSR count). The van der Waals surface area contributed by atoms with Gasteiger partial charge in [0.05, 0.1) is 10.5 Å². The van der Waals surface area contributed by atoms with E-state index >= 15 is 0 Å². The van der Waals surface area contributed by atoms with Gasteiger partial charge in [-0.3, -0.25) is 14.9 Å². The van der Waals surface area contributed by atoms with Crippen molar-refractivity contribution in [3.63, 3.8) is 0 Å². The zero-order valence-corrected chi connectivity index (χ0v) is 13.8. The number of nitro benzene ring substituents is 1. The van der Waals surface area contributed by atoms with Crippen molar-refractivity contribution >= 4 is 17.3 Å². The van der Waals surface area contributed by atoms with Crippen LogP contribution in [0.1, 0.15) is 31.4 Å². The molecule has 0 unspecified atom stereocenters. The first-order valence-corrected chi connectivity index (χ1v) is 7.69. The minimum Gasteiger partial charge on any atom is -0.399 e. The minimum atomic E-state index is -0.617. The van der Waals surface area contributed by atoms with Gasteiger partial charge in [0.15, 0.2) is 0 Å². The summed E-state index contributed by atoms with van der Waals surface area (Å²) in [6.45, 7) is 3.73. The molecule has 0 fully saturated rings. The van der Waals surface area contributed by atoms with Crippen LogP contribution in [0.3, 0.4) is 0 Å². The fraction of sp³-hybridized carbons (Fsp3) is 0.278. The highest BCUT2D eigenvalue weighted by atomic mass is 16.6. The number of aryl methyl sites for hydroxylation is 1. The van der Waals surface area contributed by atoms with Crippen molar-refractivity contribution in [3.05, 3.63) is 69.8 Å². The monoisotopic (exact) mass is 327 g/mol. The molecule has 2 aromatic rings. The van der Waals surface area contributed by atoms with Crippen LogP contribution in [0.5, 0.6) is 0 Å². The molecule has 6 heteroatoms. The summed E-state index contributed by atoms with van der Waals surface area (Å²) in [7, 11) is 0. The van der Waals surface area contributed by atoms with Crippen LogP contribution in [0.25, 0.3) is 0 Å². The number of nitro groups is 1. The molecule has 0 aliphatic carbocycles. The molecular weight excluding hydrogens is 306 g/mol. The van der Waals surface area contributed by atoms with E-state index < -0.39 is 10.5 Å². The molecule has 0 radical (unpaired) electrons. The number of para-hydroxylation sites is 1. The van der Waals surface area contributed by atoms with Gasteiger partial charge in [0, 0.05) is 24.2 Å². The number of benzene rings is 2. The van der Waals surface area contributed by atoms with E-state index in [1.54, 1.807) is 12.1 Å². The number of anilines is 1. The van der Waals surface area contributed by atoms with Crippen LogP contribution < -0.4 is 11.1 Å². The Morgan fingerprint density at radius 2 is 1.79 bits per heavy atom. The summed E-state index contributed by atoms with van der Waals surface area (Å²) < 4.78 is 0. The number of amides is 1. The zero-order chi connectivity index (χ0) is 17.7. The molecule has 6 nitrogen and oxygen atoms in total. The SMILES string of the molecule is CC(C)(NC(=O)CCc1ccccc1N)c1ccc([N+](=O)[O-])cc1. The summed E-state index contributed by atoms with van der Waals surface area (Å²) in [6, 6.07) is 13.7. The largest absolute Gasteiger partial charge is 0.399 e. The quantitative estimate of drug-likeness (QED) is 0.483. The Morgan fingerprint density at radius 3 is 2.38 bits per heavy atom. The fourth-order valence-corrected chi connectivity index (χ4v) is 2.49. The molecule has 1 amide bonds. The van der Waals surface area contributed by atoms with Gasteiger partial charge in [-0.05, 0) is 49.6 Å². The second-order valence-corrected chi connectivity index (χ2v) is 6.18. The second-order valence-electron chi connectivity index (χ2n) is 6.18. The highest BCUT2D eigenvalue weighted by Crippen LogP contribution is 2.23. The maximum Gasteiger partial charge on any atom is 0.269 e. The van der Waals surface area contributed by atoms with Crippen LogP contribution in [0, 0.1) is 10.1 Å². The number of non-ortho nitro benzene ring substituents is 1. The topological polar surface area (TPSA) is 98.3 Å². The second kappa shape index (κ2) is 7.12. The molecule has 126 valence electrons. The summed E-state index contributed by atoms with van der Waals surface area (Å²) in [6.07, 6.45) is 0.888. The van der Waals surface area contributed by atoms with Crippen molar-refractivity contribution in [2.24, 2.45) is 0 Å². The van der Waals surface area contributed by atoms with Gasteiger partial charge in [0.25, 0.3) is 5.69 Å². The van der Waals surface area contributed by atoms with Gasteiger partial charge >= 0.3 is 0 Å². The van der Waals surface area contributed by atoms with Gasteiger partial charge in [-0.15, -0.1) is 0 Å². The van der Waals surface area contributed by atoms with Gasteiger partial charge in [0.1, 0.15) is 0 Å². The van der Waals surface area contributed by atoms with E-state index in [1.165, 1.54) is 12.1 Å². The molecule has 0 aliphatic heterocycles. The Labute approximate surface area is 140 Å². The smallest absolute Gasteiger partial charge is 0.269 e. The predicted molar refractivity (Wildman–Crippen MR) is 93.4 cm³/mol. The molecular formula is C18H21N3O3. The molecule has 0 heterocycles.